The molecule has 4 nitrogen and oxygen atoms in total. The predicted molar refractivity (Wildman–Crippen MR) is 93.2 cm³/mol. The number of halogens is 1. The van der Waals surface area contributed by atoms with Crippen LogP contribution in [0.1, 0.15) is 39.0 Å². The monoisotopic (exact) mass is 327 g/mol. The minimum Gasteiger partial charge on any atom is -0.415 e. The van der Waals surface area contributed by atoms with Crippen molar-refractivity contribution in [2.24, 2.45) is 0 Å². The largest absolute Gasteiger partial charge is 0.415 e. The van der Waals surface area contributed by atoms with Crippen molar-refractivity contribution >= 4 is 0 Å². The van der Waals surface area contributed by atoms with E-state index in [9.17, 15) is 4.39 Å². The molecule has 0 N–H and O–H groups in total. The number of hydrogen-bond donors (Lipinski definition) is 0. The Balaban J connectivity index is 0.00000100. The highest BCUT2D eigenvalue weighted by molar-refractivity contribution is 5.57. The van der Waals surface area contributed by atoms with Gasteiger partial charge in [-0.1, -0.05) is 32.0 Å². The highest BCUT2D eigenvalue weighted by Gasteiger charge is 2.20. The SMILES string of the molecule is CC.Cc1cccc(-c2nnc(-c3cccc(C(C)(C)F)c3)o2)n1. The number of nitrogens with zero attached hydrogens (tertiary/aromatic N) is 3. The molecule has 0 radical (unpaired) electrons. The van der Waals surface area contributed by atoms with Crippen LogP contribution in [0.4, 0.5) is 4.39 Å². The molecule has 126 valence electrons. The summed E-state index contributed by atoms with van der Waals surface area (Å²) in [4.78, 5) is 4.35. The van der Waals surface area contributed by atoms with Crippen molar-refractivity contribution in [2.75, 3.05) is 0 Å². The average molecular weight is 327 g/mol. The first kappa shape index (κ1) is 17.8. The van der Waals surface area contributed by atoms with Crippen LogP contribution in [0.15, 0.2) is 46.9 Å². The van der Waals surface area contributed by atoms with E-state index in [2.05, 4.69) is 15.2 Å². The van der Waals surface area contributed by atoms with E-state index in [0.717, 1.165) is 5.69 Å². The van der Waals surface area contributed by atoms with Gasteiger partial charge in [-0.15, -0.1) is 10.2 Å². The van der Waals surface area contributed by atoms with Gasteiger partial charge in [-0.25, -0.2) is 9.37 Å². The average Bonchev–Trinajstić information content (AvgIpc) is 3.06. The summed E-state index contributed by atoms with van der Waals surface area (Å²) in [5.74, 6) is 0.702. The first-order valence-corrected chi connectivity index (χ1v) is 8.01. The van der Waals surface area contributed by atoms with Crippen LogP contribution in [-0.4, -0.2) is 15.2 Å². The second kappa shape index (κ2) is 7.34. The molecule has 0 atom stereocenters. The summed E-state index contributed by atoms with van der Waals surface area (Å²) in [6.45, 7) is 8.93. The molecule has 24 heavy (non-hydrogen) atoms. The fourth-order valence-electron chi connectivity index (χ4n) is 2.13. The summed E-state index contributed by atoms with van der Waals surface area (Å²) in [6.07, 6.45) is 0. The van der Waals surface area contributed by atoms with Gasteiger partial charge in [0.25, 0.3) is 5.89 Å². The molecule has 0 aliphatic carbocycles. The van der Waals surface area contributed by atoms with E-state index in [4.69, 9.17) is 4.42 Å². The van der Waals surface area contributed by atoms with Crippen molar-refractivity contribution in [3.05, 3.63) is 53.7 Å². The molecular formula is C19H22FN3O. The maximum absolute atomic E-state index is 14.1. The van der Waals surface area contributed by atoms with Gasteiger partial charge in [0.15, 0.2) is 0 Å². The second-order valence-corrected chi connectivity index (χ2v) is 5.63. The van der Waals surface area contributed by atoms with Crippen LogP contribution in [0, 0.1) is 6.92 Å². The number of benzene rings is 1. The Kier molecular flexibility index (Phi) is 5.44. The summed E-state index contributed by atoms with van der Waals surface area (Å²) < 4.78 is 19.7. The van der Waals surface area contributed by atoms with Crippen molar-refractivity contribution in [2.45, 2.75) is 40.3 Å². The zero-order valence-corrected chi connectivity index (χ0v) is 14.7. The van der Waals surface area contributed by atoms with Gasteiger partial charge >= 0.3 is 0 Å². The number of pyridine rings is 1. The summed E-state index contributed by atoms with van der Waals surface area (Å²) in [5.41, 5.74) is 1.34. The number of hydrogen-bond acceptors (Lipinski definition) is 4. The van der Waals surface area contributed by atoms with Crippen LogP contribution >= 0.6 is 0 Å². The topological polar surface area (TPSA) is 51.8 Å². The molecule has 0 aliphatic heterocycles. The molecule has 0 spiro atoms. The number of aromatic nitrogens is 3. The maximum atomic E-state index is 14.1. The van der Waals surface area contributed by atoms with Crippen LogP contribution < -0.4 is 0 Å². The smallest absolute Gasteiger partial charge is 0.266 e. The van der Waals surface area contributed by atoms with Crippen LogP contribution in [0.25, 0.3) is 23.0 Å². The molecule has 0 saturated heterocycles. The highest BCUT2D eigenvalue weighted by Crippen LogP contribution is 2.29. The van der Waals surface area contributed by atoms with Gasteiger partial charge in [0.05, 0.1) is 0 Å². The summed E-state index contributed by atoms with van der Waals surface area (Å²) in [6, 6.07) is 12.6. The number of rotatable bonds is 3. The van der Waals surface area contributed by atoms with Gasteiger partial charge in [-0.05, 0) is 50.6 Å². The van der Waals surface area contributed by atoms with Crippen molar-refractivity contribution in [1.29, 1.82) is 0 Å². The third-order valence-electron chi connectivity index (χ3n) is 3.33. The third kappa shape index (κ3) is 4.04. The molecule has 0 unspecified atom stereocenters. The van der Waals surface area contributed by atoms with Crippen LogP contribution in [0.3, 0.4) is 0 Å². The van der Waals surface area contributed by atoms with E-state index in [1.165, 1.54) is 13.8 Å². The summed E-state index contributed by atoms with van der Waals surface area (Å²) in [5, 5.41) is 8.06. The lowest BCUT2D eigenvalue weighted by molar-refractivity contribution is 0.221. The molecule has 3 aromatic rings. The van der Waals surface area contributed by atoms with Crippen LogP contribution in [-0.2, 0) is 5.67 Å². The lowest BCUT2D eigenvalue weighted by Crippen LogP contribution is -2.08. The van der Waals surface area contributed by atoms with Gasteiger partial charge in [-0.3, -0.25) is 0 Å². The molecule has 0 fully saturated rings. The highest BCUT2D eigenvalue weighted by atomic mass is 19.1. The Morgan fingerprint density at radius 2 is 1.62 bits per heavy atom. The summed E-state index contributed by atoms with van der Waals surface area (Å²) >= 11 is 0. The van der Waals surface area contributed by atoms with Crippen LogP contribution in [0.2, 0.25) is 0 Å². The quantitative estimate of drug-likeness (QED) is 0.651. The fourth-order valence-corrected chi connectivity index (χ4v) is 2.13. The Labute approximate surface area is 141 Å². The lowest BCUT2D eigenvalue weighted by atomic mass is 9.98. The molecule has 0 saturated carbocycles. The van der Waals surface area contributed by atoms with E-state index in [1.54, 1.807) is 18.2 Å². The van der Waals surface area contributed by atoms with Gasteiger partial charge in [0.2, 0.25) is 5.89 Å². The normalized spacial score (nSPS) is 10.9. The van der Waals surface area contributed by atoms with E-state index in [1.807, 2.05) is 45.0 Å². The molecule has 1 aromatic carbocycles. The van der Waals surface area contributed by atoms with E-state index >= 15 is 0 Å². The lowest BCUT2D eigenvalue weighted by Gasteiger charge is -2.14. The molecule has 5 heteroatoms. The molecule has 0 bridgehead atoms. The van der Waals surface area contributed by atoms with E-state index in [0.29, 0.717) is 28.6 Å². The van der Waals surface area contributed by atoms with Crippen molar-refractivity contribution in [3.63, 3.8) is 0 Å². The van der Waals surface area contributed by atoms with Gasteiger partial charge in [0, 0.05) is 11.3 Å². The molecule has 2 heterocycles. The molecule has 2 aromatic heterocycles. The Morgan fingerprint density at radius 3 is 2.29 bits per heavy atom. The molecule has 3 rings (SSSR count). The van der Waals surface area contributed by atoms with Crippen molar-refractivity contribution in [1.82, 2.24) is 15.2 Å². The van der Waals surface area contributed by atoms with Gasteiger partial charge in [-0.2, -0.15) is 0 Å². The second-order valence-electron chi connectivity index (χ2n) is 5.63. The Hall–Kier alpha value is -2.56. The van der Waals surface area contributed by atoms with Crippen molar-refractivity contribution in [3.8, 4) is 23.0 Å². The zero-order valence-electron chi connectivity index (χ0n) is 14.7. The molecular weight excluding hydrogens is 305 g/mol. The maximum Gasteiger partial charge on any atom is 0.266 e. The third-order valence-corrected chi connectivity index (χ3v) is 3.33. The van der Waals surface area contributed by atoms with E-state index < -0.39 is 5.67 Å². The predicted octanol–water partition coefficient (Wildman–Crippen LogP) is 5.34. The molecule has 0 amide bonds. The minimum atomic E-state index is -1.42. The van der Waals surface area contributed by atoms with Gasteiger partial charge in [0.1, 0.15) is 11.4 Å². The zero-order chi connectivity index (χ0) is 17.7. The van der Waals surface area contributed by atoms with E-state index in [-0.39, 0.29) is 0 Å². The van der Waals surface area contributed by atoms with Crippen molar-refractivity contribution < 1.29 is 8.81 Å². The first-order chi connectivity index (χ1) is 11.4. The number of alkyl halides is 1. The van der Waals surface area contributed by atoms with Gasteiger partial charge < -0.3 is 4.42 Å². The Bertz CT molecular complexity index is 806. The summed E-state index contributed by atoms with van der Waals surface area (Å²) in [7, 11) is 0. The number of aryl methyl sites for hydroxylation is 1. The standard InChI is InChI=1S/C17H16FN3O.C2H6/c1-11-6-4-9-14(19-11)16-21-20-15(22-16)12-7-5-8-13(10-12)17(2,3)18;1-2/h4-10H,1-3H3;1-2H3. The van der Waals surface area contributed by atoms with Crippen LogP contribution in [0.5, 0.6) is 0 Å². The fraction of sp³-hybridized carbons (Fsp3) is 0.316. The first-order valence-electron chi connectivity index (χ1n) is 8.01. The Morgan fingerprint density at radius 1 is 0.958 bits per heavy atom. The minimum absolute atomic E-state index is 0.351. The molecule has 0 aliphatic rings.